The lowest BCUT2D eigenvalue weighted by molar-refractivity contribution is -0.245. The van der Waals surface area contributed by atoms with Gasteiger partial charge in [-0.1, -0.05) is 26.7 Å². The minimum absolute atomic E-state index is 0.00675. The van der Waals surface area contributed by atoms with Crippen LogP contribution in [0.3, 0.4) is 0 Å². The molecule has 0 aromatic carbocycles. The number of amides is 4. The second kappa shape index (κ2) is 22.1. The highest BCUT2D eigenvalue weighted by Crippen LogP contribution is 2.70. The van der Waals surface area contributed by atoms with Crippen molar-refractivity contribution in [3.63, 3.8) is 0 Å². The van der Waals surface area contributed by atoms with Gasteiger partial charge < -0.3 is 56.2 Å². The second-order valence-corrected chi connectivity index (χ2v) is 21.9. The molecule has 6 fully saturated rings. The number of ether oxygens (including phenoxy) is 4. The number of fused-ring (bicyclic) bond motifs is 6. The Balaban J connectivity index is 0.653. The maximum atomic E-state index is 12.7. The highest BCUT2D eigenvalue weighted by atomic mass is 32.2. The first-order valence-electron chi connectivity index (χ1n) is 24.8. The largest absolute Gasteiger partial charge is 0.458 e. The molecule has 2 saturated heterocycles. The van der Waals surface area contributed by atoms with Crippen molar-refractivity contribution in [3.8, 4) is 0 Å². The van der Waals surface area contributed by atoms with E-state index < -0.39 is 22.8 Å². The Morgan fingerprint density at radius 2 is 1.65 bits per heavy atom. The molecule has 4 amide bonds. The molecule has 7 rings (SSSR count). The average Bonchev–Trinajstić information content (AvgIpc) is 4.00. The molecular formula is C48H77N5O11S. The lowest BCUT2D eigenvalue weighted by Crippen LogP contribution is -2.67. The lowest BCUT2D eigenvalue weighted by Gasteiger charge is -2.65. The van der Waals surface area contributed by atoms with Crippen molar-refractivity contribution < 1.29 is 53.1 Å². The van der Waals surface area contributed by atoms with Crippen LogP contribution in [0.15, 0.2) is 11.6 Å². The quantitative estimate of drug-likeness (QED) is 0.0393. The maximum Gasteiger partial charge on any atom is 0.331 e. The van der Waals surface area contributed by atoms with Crippen LogP contribution in [0.1, 0.15) is 129 Å². The summed E-state index contributed by atoms with van der Waals surface area (Å²) in [6.07, 6.45) is 14.7. The Bertz CT molecular complexity index is 1740. The van der Waals surface area contributed by atoms with Gasteiger partial charge in [-0.15, -0.1) is 0 Å². The predicted molar refractivity (Wildman–Crippen MR) is 244 cm³/mol. The SMILES string of the molecule is C[C@]12CC[C@H](OCC(=O)NCCCCCC(=O)NCCOCCOCCCC(=O)CCCC[C@@H]3SC[C@]4(N)NC(=O)N[C@H]34)C[C@H]1CC[C@@H]1[C@@H]2C[C@@H](O)[C@]2(C)[C@@H](C3=CC(=O)OC3)CC[C@]12O. The van der Waals surface area contributed by atoms with Crippen LogP contribution in [0.5, 0.6) is 0 Å². The minimum atomic E-state index is -0.992. The first kappa shape index (κ1) is 50.1. The van der Waals surface area contributed by atoms with Gasteiger partial charge in [0.2, 0.25) is 11.8 Å². The Kier molecular flexibility index (Phi) is 17.0. The zero-order valence-corrected chi connectivity index (χ0v) is 39.7. The van der Waals surface area contributed by atoms with Gasteiger partial charge in [0, 0.05) is 61.5 Å². The van der Waals surface area contributed by atoms with E-state index in [0.29, 0.717) is 89.7 Å². The number of Topliss-reactive ketones (excluding diaryl/α,β-unsaturated/α-hetero) is 1. The second-order valence-electron chi connectivity index (χ2n) is 20.7. The molecule has 16 nitrogen and oxygen atoms in total. The highest BCUT2D eigenvalue weighted by molar-refractivity contribution is 8.00. The molecule has 0 unspecified atom stereocenters. The molecule has 17 heteroatoms. The van der Waals surface area contributed by atoms with Crippen LogP contribution < -0.4 is 27.0 Å². The summed E-state index contributed by atoms with van der Waals surface area (Å²) in [5, 5.41) is 36.2. The van der Waals surface area contributed by atoms with Crippen molar-refractivity contribution in [2.24, 2.45) is 40.2 Å². The Labute approximate surface area is 389 Å². The van der Waals surface area contributed by atoms with Crippen LogP contribution >= 0.6 is 11.8 Å². The number of urea groups is 1. The van der Waals surface area contributed by atoms with Crippen LogP contribution in [0.25, 0.3) is 0 Å². The zero-order valence-electron chi connectivity index (χ0n) is 38.8. The van der Waals surface area contributed by atoms with E-state index >= 15 is 0 Å². The first-order valence-corrected chi connectivity index (χ1v) is 25.8. The van der Waals surface area contributed by atoms with Crippen molar-refractivity contribution in [1.29, 1.82) is 0 Å². The van der Waals surface area contributed by atoms with Gasteiger partial charge in [0.25, 0.3) is 0 Å². The number of aliphatic hydroxyl groups is 2. The Morgan fingerprint density at radius 1 is 0.877 bits per heavy atom. The van der Waals surface area contributed by atoms with Crippen molar-refractivity contribution in [2.45, 2.75) is 164 Å². The van der Waals surface area contributed by atoms with Crippen LogP contribution in [0.2, 0.25) is 0 Å². The molecule has 12 atom stereocenters. The molecular weight excluding hydrogens is 855 g/mol. The maximum absolute atomic E-state index is 12.7. The van der Waals surface area contributed by atoms with Crippen LogP contribution in [-0.2, 0) is 38.1 Å². The van der Waals surface area contributed by atoms with Gasteiger partial charge in [-0.2, -0.15) is 11.8 Å². The van der Waals surface area contributed by atoms with Crippen molar-refractivity contribution in [1.82, 2.24) is 21.3 Å². The summed E-state index contributed by atoms with van der Waals surface area (Å²) in [4.78, 5) is 60.7. The van der Waals surface area contributed by atoms with E-state index in [9.17, 15) is 34.2 Å². The third-order valence-electron chi connectivity index (χ3n) is 16.9. The molecule has 8 N–H and O–H groups in total. The molecule has 3 heterocycles. The summed E-state index contributed by atoms with van der Waals surface area (Å²) < 4.78 is 22.6. The third kappa shape index (κ3) is 11.4. The molecule has 4 saturated carbocycles. The summed E-state index contributed by atoms with van der Waals surface area (Å²) in [6, 6.07) is -0.254. The molecule has 7 aliphatic rings. The van der Waals surface area contributed by atoms with E-state index in [0.717, 1.165) is 82.6 Å². The number of rotatable bonds is 25. The molecule has 65 heavy (non-hydrogen) atoms. The van der Waals surface area contributed by atoms with Gasteiger partial charge in [-0.25, -0.2) is 9.59 Å². The van der Waals surface area contributed by atoms with E-state index in [1.54, 1.807) is 17.8 Å². The fourth-order valence-electron chi connectivity index (χ4n) is 13.1. The van der Waals surface area contributed by atoms with Gasteiger partial charge in [-0.05, 0) is 118 Å². The molecule has 0 aromatic rings. The van der Waals surface area contributed by atoms with E-state index in [-0.39, 0.29) is 83.4 Å². The van der Waals surface area contributed by atoms with Gasteiger partial charge in [0.15, 0.2) is 0 Å². The molecule has 0 radical (unpaired) electrons. The van der Waals surface area contributed by atoms with E-state index in [1.807, 2.05) is 6.92 Å². The van der Waals surface area contributed by atoms with Crippen molar-refractivity contribution >= 4 is 41.4 Å². The van der Waals surface area contributed by atoms with Gasteiger partial charge in [0.05, 0.1) is 43.7 Å². The molecule has 366 valence electrons. The number of carbonyl (C=O) groups is 5. The first-order chi connectivity index (χ1) is 31.2. The van der Waals surface area contributed by atoms with E-state index in [2.05, 4.69) is 28.2 Å². The molecule has 4 aliphatic carbocycles. The Morgan fingerprint density at radius 3 is 2.45 bits per heavy atom. The number of nitrogens with one attached hydrogen (secondary N) is 4. The van der Waals surface area contributed by atoms with Crippen LogP contribution in [-0.4, -0.2) is 133 Å². The number of esters is 1. The van der Waals surface area contributed by atoms with Crippen LogP contribution in [0, 0.1) is 34.5 Å². The number of hydrogen-bond acceptors (Lipinski definition) is 13. The van der Waals surface area contributed by atoms with E-state index in [1.165, 1.54) is 0 Å². The molecule has 0 bridgehead atoms. The number of ketones is 1. The van der Waals surface area contributed by atoms with Crippen molar-refractivity contribution in [2.75, 3.05) is 58.5 Å². The Hall–Kier alpha value is -2.80. The monoisotopic (exact) mass is 932 g/mol. The number of unbranched alkanes of at least 4 members (excludes halogenated alkanes) is 3. The average molecular weight is 932 g/mol. The lowest BCUT2D eigenvalue weighted by atomic mass is 9.42. The highest BCUT2D eigenvalue weighted by Gasteiger charge is 2.71. The number of nitrogens with two attached hydrogens (primary N) is 1. The topological polar surface area (TPSA) is 237 Å². The minimum Gasteiger partial charge on any atom is -0.458 e. The van der Waals surface area contributed by atoms with Crippen LogP contribution in [0.4, 0.5) is 4.79 Å². The standard InChI is InChI=1S/C48H77N5O11S/c1-45-17-15-34(26-32(45)13-14-36-37(45)27-39(55)46(2)35(16-18-47(36,46)60)31-25-42(58)64-28-31)63-29-41(57)50-19-7-3-4-12-40(56)51-20-22-62-24-23-61-21-8-10-33(54)9-5-6-11-38-43-48(49,30-65-38)53-44(59)52-43/h25,32,34-39,43,55,60H,3-24,26-30,49H2,1-2H3,(H,50,57)(H,51,56)(H2,52,53,59)/t32-,34+,35-,36-,37+,38+,39-,43-,45+,46+,47+,48+/m1/s1. The summed E-state index contributed by atoms with van der Waals surface area (Å²) in [7, 11) is 0. The molecule has 0 aromatic heterocycles. The number of cyclic esters (lactones) is 1. The number of carbonyl (C=O) groups excluding carboxylic acids is 5. The van der Waals surface area contributed by atoms with E-state index in [4.69, 9.17) is 24.7 Å². The number of hydrogen-bond donors (Lipinski definition) is 7. The molecule has 0 spiro atoms. The molecule has 3 aliphatic heterocycles. The number of thioether (sulfide) groups is 1. The predicted octanol–water partition coefficient (Wildman–Crippen LogP) is 3.79. The summed E-state index contributed by atoms with van der Waals surface area (Å²) in [5.41, 5.74) is 4.82. The normalized spacial score (nSPS) is 37.0. The summed E-state index contributed by atoms with van der Waals surface area (Å²) >= 11 is 1.78. The summed E-state index contributed by atoms with van der Waals surface area (Å²) in [6.45, 7) is 7.39. The van der Waals surface area contributed by atoms with Crippen molar-refractivity contribution in [3.05, 3.63) is 11.6 Å². The third-order valence-corrected chi connectivity index (χ3v) is 18.4. The van der Waals surface area contributed by atoms with Gasteiger partial charge in [0.1, 0.15) is 24.7 Å². The zero-order chi connectivity index (χ0) is 46.2. The summed E-state index contributed by atoms with van der Waals surface area (Å²) in [5.74, 6) is 1.10. The van der Waals surface area contributed by atoms with Gasteiger partial charge >= 0.3 is 12.0 Å². The van der Waals surface area contributed by atoms with Gasteiger partial charge in [-0.3, -0.25) is 14.4 Å². The fraction of sp³-hybridized carbons (Fsp3) is 0.854. The smallest absolute Gasteiger partial charge is 0.331 e. The number of aliphatic hydroxyl groups excluding tert-OH is 1. The fourth-order valence-corrected chi connectivity index (χ4v) is 14.7.